The molecule has 3 rings (SSSR count). The lowest BCUT2D eigenvalue weighted by molar-refractivity contribution is 0.0424. The Morgan fingerprint density at radius 1 is 1.39 bits per heavy atom. The fourth-order valence-electron chi connectivity index (χ4n) is 2.90. The third-order valence-electron chi connectivity index (χ3n) is 3.90. The minimum atomic E-state index is 0.327. The molecule has 2 heterocycles. The van der Waals surface area contributed by atoms with Crippen LogP contribution in [0, 0.1) is 12.8 Å². The Morgan fingerprint density at radius 2 is 2.28 bits per heavy atom. The van der Waals surface area contributed by atoms with Crippen molar-refractivity contribution < 1.29 is 9.47 Å². The summed E-state index contributed by atoms with van der Waals surface area (Å²) < 4.78 is 11.6. The van der Waals surface area contributed by atoms with E-state index < -0.39 is 0 Å². The molecule has 3 heteroatoms. The Hall–Kier alpha value is -0.540. The molecular formula is C15H19BrO2. The van der Waals surface area contributed by atoms with Crippen LogP contribution in [0.3, 0.4) is 0 Å². The number of rotatable bonds is 2. The first kappa shape index (κ1) is 12.5. The van der Waals surface area contributed by atoms with Gasteiger partial charge in [-0.1, -0.05) is 33.6 Å². The molecule has 2 aliphatic heterocycles. The van der Waals surface area contributed by atoms with E-state index in [4.69, 9.17) is 9.47 Å². The lowest BCUT2D eigenvalue weighted by Crippen LogP contribution is -2.32. The summed E-state index contributed by atoms with van der Waals surface area (Å²) in [4.78, 5) is 0.584. The maximum atomic E-state index is 6.04. The summed E-state index contributed by atoms with van der Waals surface area (Å²) in [5, 5.41) is 0. The van der Waals surface area contributed by atoms with Crippen LogP contribution >= 0.6 is 15.9 Å². The van der Waals surface area contributed by atoms with Gasteiger partial charge < -0.3 is 9.47 Å². The standard InChI is InChI=1S/C15H19BrO2/c1-10-2-3-15-11(6-10)7-13(18-15)8-12-9-17-5-4-14(12)16/h2-3,6,12-14H,4-5,7-9H2,1H3. The molecule has 0 bridgehead atoms. The van der Waals surface area contributed by atoms with E-state index in [1.54, 1.807) is 0 Å². The van der Waals surface area contributed by atoms with Gasteiger partial charge in [-0.3, -0.25) is 0 Å². The van der Waals surface area contributed by atoms with Crippen LogP contribution in [0.25, 0.3) is 0 Å². The highest BCUT2D eigenvalue weighted by atomic mass is 79.9. The fraction of sp³-hybridized carbons (Fsp3) is 0.600. The summed E-state index contributed by atoms with van der Waals surface area (Å²) in [6.45, 7) is 3.89. The highest BCUT2D eigenvalue weighted by molar-refractivity contribution is 9.09. The van der Waals surface area contributed by atoms with Gasteiger partial charge in [0.05, 0.1) is 6.61 Å². The minimum Gasteiger partial charge on any atom is -0.490 e. The molecule has 0 saturated carbocycles. The number of benzene rings is 1. The molecule has 0 radical (unpaired) electrons. The summed E-state index contributed by atoms with van der Waals surface area (Å²) in [5.74, 6) is 1.66. The van der Waals surface area contributed by atoms with Crippen LogP contribution in [0.2, 0.25) is 0 Å². The quantitative estimate of drug-likeness (QED) is 0.779. The zero-order valence-electron chi connectivity index (χ0n) is 10.7. The third-order valence-corrected chi connectivity index (χ3v) is 5.11. The van der Waals surface area contributed by atoms with E-state index in [0.717, 1.165) is 38.2 Å². The van der Waals surface area contributed by atoms with Crippen LogP contribution in [-0.4, -0.2) is 24.1 Å². The Morgan fingerprint density at radius 3 is 3.11 bits per heavy atom. The van der Waals surface area contributed by atoms with Crippen molar-refractivity contribution >= 4 is 15.9 Å². The first-order valence-corrected chi connectivity index (χ1v) is 7.62. The molecule has 2 aliphatic rings. The average Bonchev–Trinajstić information content (AvgIpc) is 2.73. The van der Waals surface area contributed by atoms with E-state index in [-0.39, 0.29) is 0 Å². The van der Waals surface area contributed by atoms with Gasteiger partial charge in [-0.05, 0) is 37.3 Å². The van der Waals surface area contributed by atoms with Gasteiger partial charge in [0, 0.05) is 17.9 Å². The third kappa shape index (κ3) is 2.57. The minimum absolute atomic E-state index is 0.327. The van der Waals surface area contributed by atoms with Crippen molar-refractivity contribution in [2.75, 3.05) is 13.2 Å². The summed E-state index contributed by atoms with van der Waals surface area (Å²) in [5.41, 5.74) is 2.68. The number of ether oxygens (including phenoxy) is 2. The molecule has 0 N–H and O–H groups in total. The van der Waals surface area contributed by atoms with Crippen LogP contribution in [0.1, 0.15) is 24.0 Å². The summed E-state index contributed by atoms with van der Waals surface area (Å²) >= 11 is 3.77. The van der Waals surface area contributed by atoms with E-state index in [1.807, 2.05) is 0 Å². The van der Waals surface area contributed by atoms with Gasteiger partial charge >= 0.3 is 0 Å². The van der Waals surface area contributed by atoms with Crippen molar-refractivity contribution in [2.24, 2.45) is 5.92 Å². The second-order valence-corrected chi connectivity index (χ2v) is 6.61. The van der Waals surface area contributed by atoms with Gasteiger partial charge in [0.25, 0.3) is 0 Å². The normalized spacial score (nSPS) is 30.9. The molecule has 98 valence electrons. The molecule has 1 saturated heterocycles. The van der Waals surface area contributed by atoms with Crippen molar-refractivity contribution in [3.8, 4) is 5.75 Å². The molecule has 3 atom stereocenters. The molecule has 1 aromatic rings. The van der Waals surface area contributed by atoms with E-state index in [2.05, 4.69) is 41.1 Å². The molecule has 0 aliphatic carbocycles. The highest BCUT2D eigenvalue weighted by Crippen LogP contribution is 2.34. The largest absolute Gasteiger partial charge is 0.490 e. The maximum absolute atomic E-state index is 6.04. The average molecular weight is 311 g/mol. The topological polar surface area (TPSA) is 18.5 Å². The van der Waals surface area contributed by atoms with Gasteiger partial charge in [0.15, 0.2) is 0 Å². The summed E-state index contributed by atoms with van der Waals surface area (Å²) in [6.07, 6.45) is 3.58. The van der Waals surface area contributed by atoms with E-state index in [1.165, 1.54) is 11.1 Å². The van der Waals surface area contributed by atoms with Crippen molar-refractivity contribution in [1.82, 2.24) is 0 Å². The molecule has 1 fully saturated rings. The van der Waals surface area contributed by atoms with Gasteiger partial charge in [-0.2, -0.15) is 0 Å². The Bertz CT molecular complexity index is 433. The molecule has 18 heavy (non-hydrogen) atoms. The zero-order chi connectivity index (χ0) is 12.5. The Labute approximate surface area is 117 Å². The molecular weight excluding hydrogens is 292 g/mol. The van der Waals surface area contributed by atoms with Crippen LogP contribution in [0.4, 0.5) is 0 Å². The second kappa shape index (κ2) is 5.22. The molecule has 3 unspecified atom stereocenters. The first-order valence-electron chi connectivity index (χ1n) is 6.70. The van der Waals surface area contributed by atoms with Gasteiger partial charge in [-0.25, -0.2) is 0 Å². The lowest BCUT2D eigenvalue weighted by atomic mass is 9.93. The number of aryl methyl sites for hydroxylation is 1. The molecule has 1 aromatic carbocycles. The number of alkyl halides is 1. The molecule has 0 spiro atoms. The molecule has 0 amide bonds. The number of fused-ring (bicyclic) bond motifs is 1. The molecule has 2 nitrogen and oxygen atoms in total. The summed E-state index contributed by atoms with van der Waals surface area (Å²) in [7, 11) is 0. The van der Waals surface area contributed by atoms with E-state index >= 15 is 0 Å². The SMILES string of the molecule is Cc1ccc2c(c1)CC(CC1COCCC1Br)O2. The number of halogens is 1. The predicted molar refractivity (Wildman–Crippen MR) is 75.6 cm³/mol. The second-order valence-electron chi connectivity index (χ2n) is 5.43. The van der Waals surface area contributed by atoms with Crippen LogP contribution in [0.15, 0.2) is 18.2 Å². The van der Waals surface area contributed by atoms with Gasteiger partial charge in [-0.15, -0.1) is 0 Å². The first-order chi connectivity index (χ1) is 8.72. The van der Waals surface area contributed by atoms with Crippen LogP contribution < -0.4 is 4.74 Å². The van der Waals surface area contributed by atoms with Gasteiger partial charge in [0.1, 0.15) is 11.9 Å². The van der Waals surface area contributed by atoms with E-state index in [9.17, 15) is 0 Å². The Kier molecular flexibility index (Phi) is 3.62. The summed E-state index contributed by atoms with van der Waals surface area (Å²) in [6, 6.07) is 6.48. The Balaban J connectivity index is 1.63. The van der Waals surface area contributed by atoms with E-state index in [0.29, 0.717) is 16.8 Å². The van der Waals surface area contributed by atoms with Crippen molar-refractivity contribution in [2.45, 2.75) is 37.1 Å². The number of hydrogen-bond donors (Lipinski definition) is 0. The highest BCUT2D eigenvalue weighted by Gasteiger charge is 2.30. The fourth-order valence-corrected chi connectivity index (χ4v) is 3.46. The van der Waals surface area contributed by atoms with Gasteiger partial charge in [0.2, 0.25) is 0 Å². The van der Waals surface area contributed by atoms with Crippen molar-refractivity contribution in [1.29, 1.82) is 0 Å². The van der Waals surface area contributed by atoms with Crippen LogP contribution in [-0.2, 0) is 11.2 Å². The monoisotopic (exact) mass is 310 g/mol. The molecule has 0 aromatic heterocycles. The smallest absolute Gasteiger partial charge is 0.123 e. The number of hydrogen-bond acceptors (Lipinski definition) is 2. The maximum Gasteiger partial charge on any atom is 0.123 e. The van der Waals surface area contributed by atoms with Crippen LogP contribution in [0.5, 0.6) is 5.75 Å². The lowest BCUT2D eigenvalue weighted by Gasteiger charge is -2.29. The predicted octanol–water partition coefficient (Wildman–Crippen LogP) is 3.49. The van der Waals surface area contributed by atoms with Crippen molar-refractivity contribution in [3.05, 3.63) is 29.3 Å². The van der Waals surface area contributed by atoms with Crippen molar-refractivity contribution in [3.63, 3.8) is 0 Å². The zero-order valence-corrected chi connectivity index (χ0v) is 12.3.